The second-order valence-corrected chi connectivity index (χ2v) is 4.32. The Morgan fingerprint density at radius 2 is 2.00 bits per heavy atom. The quantitative estimate of drug-likeness (QED) is 0.726. The molecule has 0 aliphatic carbocycles. The summed E-state index contributed by atoms with van der Waals surface area (Å²) in [6.45, 7) is 6.63. The molecule has 1 aliphatic rings. The second-order valence-electron chi connectivity index (χ2n) is 4.09. The highest BCUT2D eigenvalue weighted by Crippen LogP contribution is 2.27. The maximum absolute atomic E-state index is 4.05. The first kappa shape index (κ1) is 9.87. The van der Waals surface area contributed by atoms with Crippen molar-refractivity contribution >= 4 is 18.5 Å². The van der Waals surface area contributed by atoms with Crippen LogP contribution in [0, 0.1) is 0 Å². The Kier molecular flexibility index (Phi) is 2.70. The van der Waals surface area contributed by atoms with Crippen LogP contribution in [0.25, 0.3) is 0 Å². The average Bonchev–Trinajstić information content (AvgIpc) is 2.59. The molecule has 3 heteroatoms. The molecule has 2 rings (SSSR count). The summed E-state index contributed by atoms with van der Waals surface area (Å²) in [5.74, 6) is 0. The van der Waals surface area contributed by atoms with Gasteiger partial charge < -0.3 is 4.72 Å². The zero-order chi connectivity index (χ0) is 10.1. The molecule has 0 fully saturated rings. The van der Waals surface area contributed by atoms with Crippen LogP contribution in [0.5, 0.6) is 0 Å². The Balaban J connectivity index is 2.22. The fourth-order valence-electron chi connectivity index (χ4n) is 1.86. The number of anilines is 1. The van der Waals surface area contributed by atoms with Crippen molar-refractivity contribution in [1.82, 2.24) is 4.90 Å². The molecule has 0 atom stereocenters. The molecule has 0 saturated carbocycles. The van der Waals surface area contributed by atoms with Gasteiger partial charge in [0.15, 0.2) is 0 Å². The lowest BCUT2D eigenvalue weighted by Crippen LogP contribution is -2.24. The number of thiol groups is 1. The Bertz CT molecular complexity index is 336. The fraction of sp³-hybridized carbons (Fsp3) is 0.455. The number of rotatable bonds is 2. The number of fused-ring (bicyclic) bond motifs is 1. The fourth-order valence-corrected chi connectivity index (χ4v) is 1.99. The summed E-state index contributed by atoms with van der Waals surface area (Å²) in [6.07, 6.45) is 0. The van der Waals surface area contributed by atoms with E-state index in [1.165, 1.54) is 11.1 Å². The van der Waals surface area contributed by atoms with Gasteiger partial charge in [-0.05, 0) is 37.1 Å². The van der Waals surface area contributed by atoms with Gasteiger partial charge in [-0.3, -0.25) is 4.90 Å². The highest BCUT2D eigenvalue weighted by atomic mass is 32.1. The molecule has 0 spiro atoms. The predicted octanol–water partition coefficient (Wildman–Crippen LogP) is 2.67. The lowest BCUT2D eigenvalue weighted by atomic mass is 10.1. The maximum Gasteiger partial charge on any atom is 0.0441 e. The van der Waals surface area contributed by atoms with E-state index in [9.17, 15) is 0 Å². The van der Waals surface area contributed by atoms with E-state index in [-0.39, 0.29) is 0 Å². The Morgan fingerprint density at radius 3 is 2.64 bits per heavy atom. The maximum atomic E-state index is 4.05. The summed E-state index contributed by atoms with van der Waals surface area (Å²) < 4.78 is 2.88. The molecule has 0 saturated heterocycles. The van der Waals surface area contributed by atoms with Crippen LogP contribution in [0.2, 0.25) is 0 Å². The van der Waals surface area contributed by atoms with Crippen molar-refractivity contribution in [1.29, 1.82) is 0 Å². The highest BCUT2D eigenvalue weighted by molar-refractivity contribution is 7.81. The summed E-state index contributed by atoms with van der Waals surface area (Å²) in [6, 6.07) is 7.08. The van der Waals surface area contributed by atoms with Gasteiger partial charge in [0.05, 0.1) is 0 Å². The normalized spacial score (nSPS) is 16.0. The molecule has 1 heterocycles. The molecule has 76 valence electrons. The van der Waals surface area contributed by atoms with Gasteiger partial charge in [-0.15, -0.1) is 0 Å². The SMILES string of the molecule is CC(C)N1Cc2ccc(NS)cc2C1. The average molecular weight is 208 g/mol. The van der Waals surface area contributed by atoms with Crippen LogP contribution in [0.15, 0.2) is 18.2 Å². The van der Waals surface area contributed by atoms with E-state index in [0.717, 1.165) is 18.8 Å². The van der Waals surface area contributed by atoms with E-state index < -0.39 is 0 Å². The van der Waals surface area contributed by atoms with Gasteiger partial charge in [0, 0.05) is 24.8 Å². The summed E-state index contributed by atoms with van der Waals surface area (Å²) in [7, 11) is 0. The largest absolute Gasteiger partial charge is 0.332 e. The second kappa shape index (κ2) is 3.83. The molecule has 1 aromatic carbocycles. The first-order valence-corrected chi connectivity index (χ1v) is 5.41. The van der Waals surface area contributed by atoms with E-state index in [4.69, 9.17) is 0 Å². The number of hydrogen-bond donors (Lipinski definition) is 2. The van der Waals surface area contributed by atoms with Gasteiger partial charge in [0.2, 0.25) is 0 Å². The van der Waals surface area contributed by atoms with Crippen LogP contribution in [-0.4, -0.2) is 10.9 Å². The van der Waals surface area contributed by atoms with Crippen LogP contribution in [-0.2, 0) is 13.1 Å². The van der Waals surface area contributed by atoms with Gasteiger partial charge >= 0.3 is 0 Å². The van der Waals surface area contributed by atoms with Crippen LogP contribution in [0.1, 0.15) is 25.0 Å². The zero-order valence-electron chi connectivity index (χ0n) is 8.62. The molecule has 1 N–H and O–H groups in total. The van der Waals surface area contributed by atoms with Gasteiger partial charge in [-0.1, -0.05) is 18.9 Å². The van der Waals surface area contributed by atoms with Crippen molar-refractivity contribution in [2.24, 2.45) is 0 Å². The van der Waals surface area contributed by atoms with Crippen molar-refractivity contribution in [3.8, 4) is 0 Å². The summed E-state index contributed by atoms with van der Waals surface area (Å²) in [5, 5.41) is 0. The highest BCUT2D eigenvalue weighted by Gasteiger charge is 2.20. The monoisotopic (exact) mass is 208 g/mol. The van der Waals surface area contributed by atoms with Crippen LogP contribution in [0.3, 0.4) is 0 Å². The first-order valence-electron chi connectivity index (χ1n) is 4.96. The topological polar surface area (TPSA) is 15.3 Å². The van der Waals surface area contributed by atoms with Crippen LogP contribution >= 0.6 is 12.8 Å². The number of hydrogen-bond acceptors (Lipinski definition) is 3. The van der Waals surface area contributed by atoms with Crippen LogP contribution in [0.4, 0.5) is 5.69 Å². The van der Waals surface area contributed by atoms with Crippen molar-refractivity contribution in [3.05, 3.63) is 29.3 Å². The smallest absolute Gasteiger partial charge is 0.0441 e. The van der Waals surface area contributed by atoms with E-state index in [0.29, 0.717) is 6.04 Å². The van der Waals surface area contributed by atoms with Crippen molar-refractivity contribution in [2.75, 3.05) is 4.72 Å². The third-order valence-electron chi connectivity index (χ3n) is 2.81. The lowest BCUT2D eigenvalue weighted by Gasteiger charge is -2.18. The summed E-state index contributed by atoms with van der Waals surface area (Å²) in [5.41, 5.74) is 3.96. The first-order chi connectivity index (χ1) is 6.70. The van der Waals surface area contributed by atoms with Crippen molar-refractivity contribution in [2.45, 2.75) is 33.0 Å². The molecule has 0 unspecified atom stereocenters. The van der Waals surface area contributed by atoms with E-state index >= 15 is 0 Å². The predicted molar refractivity (Wildman–Crippen MR) is 63.4 cm³/mol. The van der Waals surface area contributed by atoms with Gasteiger partial charge in [0.1, 0.15) is 0 Å². The zero-order valence-corrected chi connectivity index (χ0v) is 9.51. The number of nitrogens with one attached hydrogen (secondary N) is 1. The minimum absolute atomic E-state index is 0.620. The van der Waals surface area contributed by atoms with Crippen molar-refractivity contribution < 1.29 is 0 Å². The van der Waals surface area contributed by atoms with Gasteiger partial charge in [0.25, 0.3) is 0 Å². The standard InChI is InChI=1S/C11H16N2S/c1-8(2)13-6-9-3-4-11(12-14)5-10(9)7-13/h3-5,8,12,14H,6-7H2,1-2H3. The molecular formula is C11H16N2S. The third kappa shape index (κ3) is 1.74. The summed E-state index contributed by atoms with van der Waals surface area (Å²) in [4.78, 5) is 2.47. The molecular weight excluding hydrogens is 192 g/mol. The van der Waals surface area contributed by atoms with Gasteiger partial charge in [-0.25, -0.2) is 0 Å². The molecule has 0 aromatic heterocycles. The molecule has 14 heavy (non-hydrogen) atoms. The minimum atomic E-state index is 0.620. The molecule has 2 nitrogen and oxygen atoms in total. The summed E-state index contributed by atoms with van der Waals surface area (Å²) >= 11 is 4.05. The molecule has 1 aliphatic heterocycles. The lowest BCUT2D eigenvalue weighted by molar-refractivity contribution is 0.227. The van der Waals surface area contributed by atoms with Crippen LogP contribution < -0.4 is 4.72 Å². The molecule has 0 amide bonds. The van der Waals surface area contributed by atoms with Crippen molar-refractivity contribution in [3.63, 3.8) is 0 Å². The van der Waals surface area contributed by atoms with E-state index in [1.807, 2.05) is 0 Å². The van der Waals surface area contributed by atoms with E-state index in [1.54, 1.807) is 0 Å². The van der Waals surface area contributed by atoms with Gasteiger partial charge in [-0.2, -0.15) is 0 Å². The Hall–Kier alpha value is -0.670. The number of nitrogens with zero attached hydrogens (tertiary/aromatic N) is 1. The van der Waals surface area contributed by atoms with E-state index in [2.05, 4.69) is 54.5 Å². The molecule has 0 radical (unpaired) electrons. The number of benzene rings is 1. The third-order valence-corrected chi connectivity index (χ3v) is 3.07. The molecule has 1 aromatic rings. The Morgan fingerprint density at radius 1 is 1.29 bits per heavy atom. The molecule has 0 bridgehead atoms. The minimum Gasteiger partial charge on any atom is -0.332 e. The Labute approximate surface area is 90.9 Å².